The van der Waals surface area contributed by atoms with Gasteiger partial charge in [0.15, 0.2) is 0 Å². The first-order valence-electron chi connectivity index (χ1n) is 13.7. The van der Waals surface area contributed by atoms with Crippen molar-refractivity contribution in [3.8, 4) is 16.8 Å². The minimum Gasteiger partial charge on any atom is -0.343 e. The van der Waals surface area contributed by atoms with Crippen LogP contribution in [0, 0.1) is 6.92 Å². The topological polar surface area (TPSA) is 8.17 Å². The monoisotopic (exact) mass is 548 g/mol. The minimum absolute atomic E-state index is 1.12. The van der Waals surface area contributed by atoms with Crippen LogP contribution in [0.5, 0.6) is 0 Å². The highest BCUT2D eigenvalue weighted by atomic mass is 32.2. The second kappa shape index (κ2) is 11.4. The lowest BCUT2D eigenvalue weighted by Gasteiger charge is -2.29. The molecular weight excluding hydrogens is 516 g/mol. The molecular formula is C38H32N2S. The fourth-order valence-electron chi connectivity index (χ4n) is 5.47. The molecule has 0 saturated carbocycles. The number of benzene rings is 5. The van der Waals surface area contributed by atoms with Crippen LogP contribution in [0.4, 0.5) is 5.69 Å². The molecule has 41 heavy (non-hydrogen) atoms. The molecule has 1 aliphatic rings. The lowest BCUT2D eigenvalue weighted by Crippen LogP contribution is -2.19. The average molecular weight is 549 g/mol. The number of anilines is 1. The number of hydrogen-bond donors (Lipinski definition) is 0. The molecule has 0 radical (unpaired) electrons. The summed E-state index contributed by atoms with van der Waals surface area (Å²) >= 11 is 1.74. The van der Waals surface area contributed by atoms with Crippen molar-refractivity contribution in [3.05, 3.63) is 163 Å². The highest BCUT2D eigenvalue weighted by molar-refractivity contribution is 8.03. The normalized spacial score (nSPS) is 12.6. The van der Waals surface area contributed by atoms with Gasteiger partial charge in [-0.15, -0.1) is 0 Å². The Hall–Kier alpha value is -4.73. The van der Waals surface area contributed by atoms with Crippen molar-refractivity contribution in [2.75, 3.05) is 11.9 Å². The van der Waals surface area contributed by atoms with Gasteiger partial charge in [0.1, 0.15) is 0 Å². The van der Waals surface area contributed by atoms with E-state index in [0.29, 0.717) is 0 Å². The molecule has 0 saturated heterocycles. The quantitative estimate of drug-likeness (QED) is 0.216. The standard InChI is InChI=1S/C25H19N.C13H13NS/c1-18-12-14-24-22(16-18)23-17-20(19-8-4-2-5-9-19)13-15-25(23)26(24)21-10-6-3-7-11-21;1-4-10-12(5-2)15-13-9-7-6-8-11(13)14(10)3/h2-17H,1H3;4-9H,1-2H2,3H3. The predicted octanol–water partition coefficient (Wildman–Crippen LogP) is 10.6. The molecule has 0 aliphatic carbocycles. The number of rotatable bonds is 4. The van der Waals surface area contributed by atoms with Gasteiger partial charge in [-0.1, -0.05) is 109 Å². The van der Waals surface area contributed by atoms with Gasteiger partial charge in [0.25, 0.3) is 0 Å². The van der Waals surface area contributed by atoms with Crippen LogP contribution in [0.15, 0.2) is 162 Å². The first kappa shape index (κ1) is 26.5. The number of fused-ring (bicyclic) bond motifs is 4. The van der Waals surface area contributed by atoms with Gasteiger partial charge in [-0.25, -0.2) is 0 Å². The third-order valence-corrected chi connectivity index (χ3v) is 8.64. The first-order chi connectivity index (χ1) is 20.1. The molecule has 0 unspecified atom stereocenters. The number of para-hydroxylation sites is 2. The minimum atomic E-state index is 1.12. The van der Waals surface area contributed by atoms with Crippen LogP contribution in [0.3, 0.4) is 0 Å². The fraction of sp³-hybridized carbons (Fsp3) is 0.0526. The van der Waals surface area contributed by atoms with Crippen LogP contribution in [0.1, 0.15) is 5.56 Å². The van der Waals surface area contributed by atoms with E-state index >= 15 is 0 Å². The maximum absolute atomic E-state index is 3.85. The van der Waals surface area contributed by atoms with E-state index in [1.165, 1.54) is 54.8 Å². The smallest absolute Gasteiger partial charge is 0.0550 e. The van der Waals surface area contributed by atoms with Crippen LogP contribution in [-0.4, -0.2) is 11.6 Å². The number of aryl methyl sites for hydroxylation is 1. The molecule has 0 atom stereocenters. The van der Waals surface area contributed by atoms with E-state index in [2.05, 4.69) is 158 Å². The highest BCUT2D eigenvalue weighted by Crippen LogP contribution is 2.43. The summed E-state index contributed by atoms with van der Waals surface area (Å²) in [6.45, 7) is 9.84. The molecule has 0 amide bonds. The Kier molecular flexibility index (Phi) is 7.37. The summed E-state index contributed by atoms with van der Waals surface area (Å²) in [5, 5.41) is 2.61. The van der Waals surface area contributed by atoms with Gasteiger partial charge in [0.2, 0.25) is 0 Å². The zero-order chi connectivity index (χ0) is 28.3. The molecule has 0 fully saturated rings. The number of hydrogen-bond acceptors (Lipinski definition) is 2. The second-order valence-corrected chi connectivity index (χ2v) is 11.2. The van der Waals surface area contributed by atoms with E-state index < -0.39 is 0 Å². The molecule has 1 aromatic heterocycles. The van der Waals surface area contributed by atoms with E-state index in [-0.39, 0.29) is 0 Å². The molecule has 5 aromatic carbocycles. The molecule has 7 rings (SSSR count). The number of allylic oxidation sites excluding steroid dienone is 2. The van der Waals surface area contributed by atoms with Gasteiger partial charge < -0.3 is 9.47 Å². The van der Waals surface area contributed by atoms with E-state index in [0.717, 1.165) is 10.6 Å². The fourth-order valence-corrected chi connectivity index (χ4v) is 6.57. The predicted molar refractivity (Wildman–Crippen MR) is 179 cm³/mol. The molecule has 0 N–H and O–H groups in total. The Morgan fingerprint density at radius 2 is 1.27 bits per heavy atom. The van der Waals surface area contributed by atoms with Crippen LogP contribution in [0.2, 0.25) is 0 Å². The van der Waals surface area contributed by atoms with E-state index in [4.69, 9.17) is 0 Å². The van der Waals surface area contributed by atoms with Crippen molar-refractivity contribution < 1.29 is 0 Å². The number of likely N-dealkylation sites (N-methyl/N-ethyl adjacent to an activating group) is 1. The van der Waals surface area contributed by atoms with Crippen LogP contribution in [-0.2, 0) is 0 Å². The number of thioether (sulfide) groups is 1. The van der Waals surface area contributed by atoms with Gasteiger partial charge in [0.05, 0.1) is 22.4 Å². The van der Waals surface area contributed by atoms with Gasteiger partial charge in [-0.3, -0.25) is 0 Å². The molecule has 2 heterocycles. The molecule has 1 aliphatic heterocycles. The third-order valence-electron chi connectivity index (χ3n) is 7.48. The lowest BCUT2D eigenvalue weighted by molar-refractivity contribution is 1.09. The summed E-state index contributed by atoms with van der Waals surface area (Å²) < 4.78 is 2.36. The number of aromatic nitrogens is 1. The van der Waals surface area contributed by atoms with Gasteiger partial charge in [-0.05, 0) is 72.7 Å². The zero-order valence-corrected chi connectivity index (χ0v) is 24.2. The Labute approximate surface area is 246 Å². The molecule has 0 bridgehead atoms. The summed E-state index contributed by atoms with van der Waals surface area (Å²) in [5.41, 5.74) is 9.84. The SMILES string of the molecule is C=CC1=C(C=C)N(C)c2ccccc2S1.Cc1ccc2c(c1)c1cc(-c3ccccc3)ccc1n2-c1ccccc1. The molecule has 3 heteroatoms. The Morgan fingerprint density at radius 3 is 1.98 bits per heavy atom. The second-order valence-electron chi connectivity index (χ2n) is 10.1. The van der Waals surface area contributed by atoms with Gasteiger partial charge in [-0.2, -0.15) is 0 Å². The van der Waals surface area contributed by atoms with E-state index in [1.54, 1.807) is 11.8 Å². The van der Waals surface area contributed by atoms with Gasteiger partial charge >= 0.3 is 0 Å². The highest BCUT2D eigenvalue weighted by Gasteiger charge is 2.19. The first-order valence-corrected chi connectivity index (χ1v) is 14.6. The van der Waals surface area contributed by atoms with Crippen molar-refractivity contribution in [1.29, 1.82) is 0 Å². The van der Waals surface area contributed by atoms with Crippen molar-refractivity contribution in [1.82, 2.24) is 4.57 Å². The maximum atomic E-state index is 3.85. The molecule has 2 nitrogen and oxygen atoms in total. The summed E-state index contributed by atoms with van der Waals surface area (Å²) in [6, 6.07) is 43.1. The molecule has 0 spiro atoms. The van der Waals surface area contributed by atoms with Gasteiger partial charge in [0, 0.05) is 33.3 Å². The van der Waals surface area contributed by atoms with Crippen LogP contribution >= 0.6 is 11.8 Å². The van der Waals surface area contributed by atoms with E-state index in [1.807, 2.05) is 12.2 Å². The zero-order valence-electron chi connectivity index (χ0n) is 23.4. The Morgan fingerprint density at radius 1 is 0.634 bits per heavy atom. The Balaban J connectivity index is 0.000000172. The average Bonchev–Trinajstić information content (AvgIpc) is 3.35. The summed E-state index contributed by atoms with van der Waals surface area (Å²) in [5.74, 6) is 0. The Bertz CT molecular complexity index is 1910. The van der Waals surface area contributed by atoms with Crippen molar-refractivity contribution in [2.45, 2.75) is 11.8 Å². The number of nitrogens with zero attached hydrogens (tertiary/aromatic N) is 2. The van der Waals surface area contributed by atoms with Crippen molar-refractivity contribution in [3.63, 3.8) is 0 Å². The molecule has 200 valence electrons. The lowest BCUT2D eigenvalue weighted by atomic mass is 10.0. The van der Waals surface area contributed by atoms with Crippen LogP contribution < -0.4 is 4.90 Å². The molecule has 6 aromatic rings. The summed E-state index contributed by atoms with van der Waals surface area (Å²) in [7, 11) is 2.05. The van der Waals surface area contributed by atoms with E-state index in [9.17, 15) is 0 Å². The van der Waals surface area contributed by atoms with Crippen LogP contribution in [0.25, 0.3) is 38.6 Å². The summed E-state index contributed by atoms with van der Waals surface area (Å²) in [6.07, 6.45) is 3.76. The van der Waals surface area contributed by atoms with Crippen molar-refractivity contribution >= 4 is 39.3 Å². The largest absolute Gasteiger partial charge is 0.343 e. The summed E-state index contributed by atoms with van der Waals surface area (Å²) in [4.78, 5) is 4.57. The maximum Gasteiger partial charge on any atom is 0.0550 e. The van der Waals surface area contributed by atoms with Crippen molar-refractivity contribution in [2.24, 2.45) is 0 Å². The third kappa shape index (κ3) is 5.01.